The van der Waals surface area contributed by atoms with Crippen molar-refractivity contribution in [3.63, 3.8) is 0 Å². The van der Waals surface area contributed by atoms with Crippen LogP contribution in [-0.4, -0.2) is 60.0 Å². The number of nitrogens with zero attached hydrogens (tertiary/aromatic N) is 4. The average molecular weight is 410 g/mol. The molecule has 0 N–H and O–H groups in total. The third kappa shape index (κ3) is 4.54. The van der Waals surface area contributed by atoms with Crippen LogP contribution < -0.4 is 9.64 Å². The molecule has 0 bridgehead atoms. The zero-order valence-corrected chi connectivity index (χ0v) is 17.0. The van der Waals surface area contributed by atoms with E-state index in [9.17, 15) is 4.79 Å². The predicted molar refractivity (Wildman–Crippen MR) is 112 cm³/mol. The second kappa shape index (κ2) is 9.00. The van der Waals surface area contributed by atoms with Gasteiger partial charge in [0.25, 0.3) is 5.22 Å². The molecule has 1 amide bonds. The molecule has 0 unspecified atom stereocenters. The maximum absolute atomic E-state index is 12.6. The van der Waals surface area contributed by atoms with Gasteiger partial charge >= 0.3 is 0 Å². The second-order valence-corrected chi connectivity index (χ2v) is 7.49. The third-order valence-electron chi connectivity index (χ3n) is 4.80. The van der Waals surface area contributed by atoms with Crippen LogP contribution in [0.5, 0.6) is 5.75 Å². The fourth-order valence-electron chi connectivity index (χ4n) is 3.27. The van der Waals surface area contributed by atoms with E-state index >= 15 is 0 Å². The van der Waals surface area contributed by atoms with Crippen LogP contribution in [-0.2, 0) is 4.79 Å². The highest BCUT2D eigenvalue weighted by Gasteiger charge is 2.23. The molecular weight excluding hydrogens is 388 g/mol. The lowest BCUT2D eigenvalue weighted by molar-refractivity contribution is -0.128. The van der Waals surface area contributed by atoms with E-state index in [-0.39, 0.29) is 11.7 Å². The first-order valence-electron chi connectivity index (χ1n) is 9.42. The molecular formula is C21H22N4O3S. The first-order chi connectivity index (χ1) is 14.2. The molecule has 0 saturated carbocycles. The van der Waals surface area contributed by atoms with Gasteiger partial charge in [-0.05, 0) is 24.3 Å². The number of aromatic nitrogens is 2. The lowest BCUT2D eigenvalue weighted by Gasteiger charge is -2.36. The molecule has 1 fully saturated rings. The number of methoxy groups -OCH3 is 1. The number of piperazine rings is 1. The van der Waals surface area contributed by atoms with Gasteiger partial charge in [-0.15, -0.1) is 10.2 Å². The summed E-state index contributed by atoms with van der Waals surface area (Å²) in [6.45, 7) is 2.90. The number of hydrogen-bond acceptors (Lipinski definition) is 7. The lowest BCUT2D eigenvalue weighted by Crippen LogP contribution is -2.49. The van der Waals surface area contributed by atoms with Crippen LogP contribution >= 0.6 is 11.8 Å². The largest absolute Gasteiger partial charge is 0.495 e. The highest BCUT2D eigenvalue weighted by Crippen LogP contribution is 2.28. The minimum atomic E-state index is 0.0779. The number of hydrogen-bond donors (Lipinski definition) is 0. The molecule has 1 aliphatic rings. The molecule has 4 rings (SSSR count). The van der Waals surface area contributed by atoms with Gasteiger partial charge in [0.1, 0.15) is 5.75 Å². The van der Waals surface area contributed by atoms with Gasteiger partial charge in [0.05, 0.1) is 18.6 Å². The van der Waals surface area contributed by atoms with E-state index in [0.29, 0.717) is 24.2 Å². The summed E-state index contributed by atoms with van der Waals surface area (Å²) in [5, 5.41) is 8.50. The van der Waals surface area contributed by atoms with Crippen molar-refractivity contribution in [1.82, 2.24) is 15.1 Å². The van der Waals surface area contributed by atoms with Crippen molar-refractivity contribution in [3.8, 4) is 17.2 Å². The van der Waals surface area contributed by atoms with E-state index < -0.39 is 0 Å². The fraction of sp³-hybridized carbons (Fsp3) is 0.286. The maximum atomic E-state index is 12.6. The number of para-hydroxylation sites is 2. The van der Waals surface area contributed by atoms with Crippen molar-refractivity contribution in [2.45, 2.75) is 5.22 Å². The number of rotatable bonds is 6. The van der Waals surface area contributed by atoms with Crippen molar-refractivity contribution in [3.05, 3.63) is 54.6 Å². The Labute approximate surface area is 173 Å². The fourth-order valence-corrected chi connectivity index (χ4v) is 3.93. The molecule has 1 aromatic heterocycles. The minimum Gasteiger partial charge on any atom is -0.495 e. The van der Waals surface area contributed by atoms with E-state index in [1.807, 2.05) is 59.5 Å². The van der Waals surface area contributed by atoms with Crippen LogP contribution in [0.1, 0.15) is 0 Å². The molecule has 1 saturated heterocycles. The topological polar surface area (TPSA) is 71.7 Å². The van der Waals surface area contributed by atoms with Gasteiger partial charge in [-0.1, -0.05) is 42.1 Å². The Bertz CT molecular complexity index is 955. The molecule has 0 aliphatic carbocycles. The normalized spacial score (nSPS) is 14.1. The molecule has 0 radical (unpaired) electrons. The zero-order chi connectivity index (χ0) is 20.1. The van der Waals surface area contributed by atoms with Crippen molar-refractivity contribution in [2.75, 3.05) is 43.9 Å². The Morgan fingerprint density at radius 2 is 1.76 bits per heavy atom. The number of ether oxygens (including phenoxy) is 1. The zero-order valence-electron chi connectivity index (χ0n) is 16.2. The van der Waals surface area contributed by atoms with Crippen LogP contribution in [0.25, 0.3) is 11.5 Å². The predicted octanol–water partition coefficient (Wildman–Crippen LogP) is 3.19. The van der Waals surface area contributed by atoms with E-state index in [1.54, 1.807) is 7.11 Å². The van der Waals surface area contributed by atoms with Crippen LogP contribution in [0.4, 0.5) is 5.69 Å². The van der Waals surface area contributed by atoms with Crippen LogP contribution in [0.2, 0.25) is 0 Å². The molecule has 150 valence electrons. The second-order valence-electron chi connectivity index (χ2n) is 6.57. The summed E-state index contributed by atoms with van der Waals surface area (Å²) in [5.74, 6) is 1.68. The standard InChI is InChI=1S/C21H22N4O3S/c1-27-18-10-6-5-9-17(18)24-11-13-25(14-12-24)19(26)15-29-21-23-22-20(28-21)16-7-3-2-4-8-16/h2-10H,11-15H2,1H3. The third-order valence-corrected chi connectivity index (χ3v) is 5.61. The molecule has 8 heteroatoms. The summed E-state index contributed by atoms with van der Waals surface area (Å²) >= 11 is 1.28. The Morgan fingerprint density at radius 1 is 1.03 bits per heavy atom. The molecule has 29 heavy (non-hydrogen) atoms. The maximum Gasteiger partial charge on any atom is 0.277 e. The van der Waals surface area contributed by atoms with Gasteiger partial charge in [-0.3, -0.25) is 4.79 Å². The van der Waals surface area contributed by atoms with E-state index in [1.165, 1.54) is 11.8 Å². The summed E-state index contributed by atoms with van der Waals surface area (Å²) in [4.78, 5) is 16.7. The molecule has 2 heterocycles. The quantitative estimate of drug-likeness (QED) is 0.578. The van der Waals surface area contributed by atoms with Gasteiger partial charge in [-0.2, -0.15) is 0 Å². The average Bonchev–Trinajstić information content (AvgIpc) is 3.27. The molecule has 2 aromatic carbocycles. The molecule has 3 aromatic rings. The van der Waals surface area contributed by atoms with Gasteiger partial charge in [0, 0.05) is 31.7 Å². The van der Waals surface area contributed by atoms with Crippen molar-refractivity contribution in [2.24, 2.45) is 0 Å². The van der Waals surface area contributed by atoms with Gasteiger partial charge in [0.15, 0.2) is 0 Å². The van der Waals surface area contributed by atoms with Gasteiger partial charge in [-0.25, -0.2) is 0 Å². The summed E-state index contributed by atoms with van der Waals surface area (Å²) in [7, 11) is 1.68. The van der Waals surface area contributed by atoms with Gasteiger partial charge in [0.2, 0.25) is 11.8 Å². The first kappa shape index (κ1) is 19.3. The van der Waals surface area contributed by atoms with Crippen molar-refractivity contribution < 1.29 is 13.9 Å². The Hall–Kier alpha value is -3.00. The number of anilines is 1. The number of benzene rings is 2. The highest BCUT2D eigenvalue weighted by atomic mass is 32.2. The van der Waals surface area contributed by atoms with Crippen LogP contribution in [0.15, 0.2) is 64.2 Å². The molecule has 0 atom stereocenters. The number of amides is 1. The van der Waals surface area contributed by atoms with Gasteiger partial charge < -0.3 is 19.0 Å². The highest BCUT2D eigenvalue weighted by molar-refractivity contribution is 7.99. The van der Waals surface area contributed by atoms with Crippen LogP contribution in [0.3, 0.4) is 0 Å². The summed E-state index contributed by atoms with van der Waals surface area (Å²) in [6, 6.07) is 17.6. The minimum absolute atomic E-state index is 0.0779. The Morgan fingerprint density at radius 3 is 2.52 bits per heavy atom. The van der Waals surface area contributed by atoms with Crippen molar-refractivity contribution in [1.29, 1.82) is 0 Å². The van der Waals surface area contributed by atoms with E-state index in [2.05, 4.69) is 15.1 Å². The monoisotopic (exact) mass is 410 g/mol. The van der Waals surface area contributed by atoms with E-state index in [0.717, 1.165) is 30.1 Å². The molecule has 7 nitrogen and oxygen atoms in total. The lowest BCUT2D eigenvalue weighted by atomic mass is 10.2. The summed E-state index contributed by atoms with van der Waals surface area (Å²) in [5.41, 5.74) is 1.93. The van der Waals surface area contributed by atoms with Crippen LogP contribution in [0, 0.1) is 0 Å². The Balaban J connectivity index is 1.29. The molecule has 1 aliphatic heterocycles. The SMILES string of the molecule is COc1ccccc1N1CCN(C(=O)CSc2nnc(-c3ccccc3)o2)CC1. The van der Waals surface area contributed by atoms with E-state index in [4.69, 9.17) is 9.15 Å². The summed E-state index contributed by atoms with van der Waals surface area (Å²) < 4.78 is 11.1. The molecule has 0 spiro atoms. The Kier molecular flexibility index (Phi) is 6.00. The number of carbonyl (C=O) groups excluding carboxylic acids is 1. The number of carbonyl (C=O) groups is 1. The van der Waals surface area contributed by atoms with Crippen molar-refractivity contribution >= 4 is 23.4 Å². The summed E-state index contributed by atoms with van der Waals surface area (Å²) in [6.07, 6.45) is 0. The number of thioether (sulfide) groups is 1. The first-order valence-corrected chi connectivity index (χ1v) is 10.4. The smallest absolute Gasteiger partial charge is 0.277 e.